The fourth-order valence-electron chi connectivity index (χ4n) is 4.69. The second-order valence-electron chi connectivity index (χ2n) is 8.04. The van der Waals surface area contributed by atoms with E-state index in [0.29, 0.717) is 17.7 Å². The van der Waals surface area contributed by atoms with Crippen molar-refractivity contribution in [3.63, 3.8) is 0 Å². The van der Waals surface area contributed by atoms with Gasteiger partial charge in [0.2, 0.25) is 0 Å². The van der Waals surface area contributed by atoms with E-state index in [2.05, 4.69) is 10.2 Å². The van der Waals surface area contributed by atoms with E-state index in [1.54, 1.807) is 14.2 Å². The zero-order valence-electron chi connectivity index (χ0n) is 16.3. The van der Waals surface area contributed by atoms with Gasteiger partial charge in [-0.15, -0.1) is 0 Å². The lowest BCUT2D eigenvalue weighted by atomic mass is 10.0. The lowest BCUT2D eigenvalue weighted by molar-refractivity contribution is 0.207. The third kappa shape index (κ3) is 3.10. The van der Waals surface area contributed by atoms with Gasteiger partial charge in [0, 0.05) is 30.4 Å². The lowest BCUT2D eigenvalue weighted by Gasteiger charge is -2.34. The molecule has 0 radical (unpaired) electrons. The summed E-state index contributed by atoms with van der Waals surface area (Å²) in [4.78, 5) is 12.4. The van der Waals surface area contributed by atoms with Crippen LogP contribution in [0.5, 0.6) is 11.6 Å². The summed E-state index contributed by atoms with van der Waals surface area (Å²) in [5, 5.41) is 3.89. The van der Waals surface area contributed by atoms with Crippen molar-refractivity contribution in [1.82, 2.24) is 14.9 Å². The summed E-state index contributed by atoms with van der Waals surface area (Å²) >= 11 is 0. The Hall–Kier alpha value is -2.08. The van der Waals surface area contributed by atoms with Crippen LogP contribution < -0.4 is 14.8 Å². The number of fused-ring (bicyclic) bond motifs is 2. The molecule has 0 spiro atoms. The number of rotatable bonds is 5. The van der Waals surface area contributed by atoms with E-state index < -0.39 is 0 Å². The molecule has 2 fully saturated rings. The lowest BCUT2D eigenvalue weighted by Crippen LogP contribution is -2.43. The summed E-state index contributed by atoms with van der Waals surface area (Å²) in [6.07, 6.45) is 8.53. The minimum atomic E-state index is 0.476. The molecule has 0 aromatic carbocycles. The van der Waals surface area contributed by atoms with Crippen molar-refractivity contribution in [1.29, 1.82) is 0 Å². The quantitative estimate of drug-likeness (QED) is 0.875. The molecular formula is C21H28N4O2. The van der Waals surface area contributed by atoms with Gasteiger partial charge in [0.05, 0.1) is 25.4 Å². The van der Waals surface area contributed by atoms with Gasteiger partial charge < -0.3 is 14.8 Å². The van der Waals surface area contributed by atoms with Crippen molar-refractivity contribution >= 4 is 16.7 Å². The van der Waals surface area contributed by atoms with Gasteiger partial charge in [-0.25, -0.2) is 4.98 Å². The van der Waals surface area contributed by atoms with Gasteiger partial charge in [-0.3, -0.25) is 9.88 Å². The molecule has 0 amide bonds. The highest BCUT2D eigenvalue weighted by Crippen LogP contribution is 2.38. The van der Waals surface area contributed by atoms with Crippen molar-refractivity contribution in [3.8, 4) is 11.6 Å². The second kappa shape index (κ2) is 6.82. The number of aryl methyl sites for hydroxylation is 1. The summed E-state index contributed by atoms with van der Waals surface area (Å²) in [5.74, 6) is 1.16. The molecule has 2 aromatic rings. The highest BCUT2D eigenvalue weighted by Gasteiger charge is 2.33. The number of nitrogens with one attached hydrogen (secondary N) is 1. The van der Waals surface area contributed by atoms with Crippen molar-refractivity contribution in [2.45, 2.75) is 57.0 Å². The maximum atomic E-state index is 5.47. The molecular weight excluding hydrogens is 340 g/mol. The van der Waals surface area contributed by atoms with Gasteiger partial charge in [0.15, 0.2) is 5.75 Å². The van der Waals surface area contributed by atoms with E-state index in [9.17, 15) is 0 Å². The van der Waals surface area contributed by atoms with Gasteiger partial charge in [-0.1, -0.05) is 0 Å². The monoisotopic (exact) mass is 368 g/mol. The van der Waals surface area contributed by atoms with Crippen LogP contribution in [0.15, 0.2) is 6.07 Å². The number of hydrogen-bond acceptors (Lipinski definition) is 6. The van der Waals surface area contributed by atoms with Gasteiger partial charge >= 0.3 is 0 Å². The number of anilines is 1. The van der Waals surface area contributed by atoms with Crippen molar-refractivity contribution in [3.05, 3.63) is 17.3 Å². The smallest absolute Gasteiger partial charge is 0.257 e. The van der Waals surface area contributed by atoms with Crippen molar-refractivity contribution < 1.29 is 9.47 Å². The van der Waals surface area contributed by atoms with E-state index in [-0.39, 0.29) is 0 Å². The molecule has 144 valence electrons. The Balaban J connectivity index is 1.55. The van der Waals surface area contributed by atoms with Gasteiger partial charge in [-0.2, -0.15) is 0 Å². The number of pyridine rings is 2. The normalized spacial score (nSPS) is 22.7. The van der Waals surface area contributed by atoms with Gasteiger partial charge in [-0.05, 0) is 57.1 Å². The Morgan fingerprint density at radius 1 is 1.07 bits per heavy atom. The molecule has 1 atom stereocenters. The zero-order valence-corrected chi connectivity index (χ0v) is 16.3. The molecule has 5 rings (SSSR count). The van der Waals surface area contributed by atoms with Crippen LogP contribution in [-0.2, 0) is 12.8 Å². The number of likely N-dealkylation sites (tertiary alicyclic amines) is 1. The summed E-state index contributed by atoms with van der Waals surface area (Å²) in [7, 11) is 3.28. The van der Waals surface area contributed by atoms with E-state index in [1.807, 2.05) is 6.07 Å². The molecule has 1 saturated heterocycles. The fraction of sp³-hybridized carbons (Fsp3) is 0.619. The predicted octanol–water partition coefficient (Wildman–Crippen LogP) is 3.17. The Kier molecular flexibility index (Phi) is 4.31. The van der Waals surface area contributed by atoms with E-state index in [4.69, 9.17) is 19.4 Å². The number of aromatic nitrogens is 2. The maximum Gasteiger partial charge on any atom is 0.257 e. The van der Waals surface area contributed by atoms with Gasteiger partial charge in [0.25, 0.3) is 5.88 Å². The minimum Gasteiger partial charge on any atom is -0.491 e. The predicted molar refractivity (Wildman–Crippen MR) is 106 cm³/mol. The molecule has 3 heterocycles. The Morgan fingerprint density at radius 3 is 2.74 bits per heavy atom. The highest BCUT2D eigenvalue weighted by molar-refractivity contribution is 5.92. The standard InChI is InChI=1S/C21H28N4O2/c1-26-18-11-17-20(24-21(18)27-2)19(15-6-3-7-16(15)23-17)22-13-5-4-10-25(12-13)14-8-9-14/h11,13-14H,3-10,12H2,1-2H3,(H,22,23)/t13-/m1/s1. The number of piperidine rings is 1. The van der Waals surface area contributed by atoms with Crippen LogP contribution in [0.2, 0.25) is 0 Å². The topological polar surface area (TPSA) is 59.5 Å². The SMILES string of the molecule is COc1cc2nc3c(c(N[C@@H]4CCCN(C5CC5)C4)c2nc1OC)CCC3. The first-order chi connectivity index (χ1) is 13.3. The molecule has 1 aliphatic heterocycles. The van der Waals surface area contributed by atoms with E-state index in [0.717, 1.165) is 36.5 Å². The molecule has 27 heavy (non-hydrogen) atoms. The molecule has 3 aliphatic rings. The van der Waals surface area contributed by atoms with Crippen LogP contribution in [0.25, 0.3) is 11.0 Å². The average molecular weight is 368 g/mol. The summed E-state index contributed by atoms with van der Waals surface area (Å²) < 4.78 is 10.9. The Labute approximate surface area is 160 Å². The van der Waals surface area contributed by atoms with Crippen LogP contribution in [-0.4, -0.2) is 54.3 Å². The number of methoxy groups -OCH3 is 2. The Bertz CT molecular complexity index is 865. The fourth-order valence-corrected chi connectivity index (χ4v) is 4.69. The number of nitrogens with zero attached hydrogens (tertiary/aromatic N) is 3. The first-order valence-corrected chi connectivity index (χ1v) is 10.2. The third-order valence-corrected chi connectivity index (χ3v) is 6.20. The first kappa shape index (κ1) is 17.0. The summed E-state index contributed by atoms with van der Waals surface area (Å²) in [5.41, 5.74) is 5.55. The first-order valence-electron chi connectivity index (χ1n) is 10.2. The maximum absolute atomic E-state index is 5.47. The van der Waals surface area contributed by atoms with Crippen LogP contribution in [0.4, 0.5) is 5.69 Å². The molecule has 0 unspecified atom stereocenters. The molecule has 1 N–H and O–H groups in total. The van der Waals surface area contributed by atoms with Crippen LogP contribution >= 0.6 is 0 Å². The van der Waals surface area contributed by atoms with Crippen molar-refractivity contribution in [2.75, 3.05) is 32.6 Å². The zero-order chi connectivity index (χ0) is 18.4. The van der Waals surface area contributed by atoms with E-state index in [1.165, 1.54) is 55.6 Å². The second-order valence-corrected chi connectivity index (χ2v) is 8.04. The molecule has 6 nitrogen and oxygen atoms in total. The number of ether oxygens (including phenoxy) is 2. The van der Waals surface area contributed by atoms with Crippen LogP contribution in [0.1, 0.15) is 43.4 Å². The largest absolute Gasteiger partial charge is 0.491 e. The molecule has 6 heteroatoms. The Morgan fingerprint density at radius 2 is 1.96 bits per heavy atom. The average Bonchev–Trinajstić information content (AvgIpc) is 3.45. The van der Waals surface area contributed by atoms with Crippen molar-refractivity contribution in [2.24, 2.45) is 0 Å². The molecule has 0 bridgehead atoms. The molecule has 2 aromatic heterocycles. The summed E-state index contributed by atoms with van der Waals surface area (Å²) in [6, 6.07) is 3.27. The van der Waals surface area contributed by atoms with Gasteiger partial charge in [0.1, 0.15) is 5.52 Å². The number of hydrogen-bond donors (Lipinski definition) is 1. The van der Waals surface area contributed by atoms with Crippen LogP contribution in [0, 0.1) is 0 Å². The minimum absolute atomic E-state index is 0.476. The van der Waals surface area contributed by atoms with Crippen LogP contribution in [0.3, 0.4) is 0 Å². The van der Waals surface area contributed by atoms with E-state index >= 15 is 0 Å². The third-order valence-electron chi connectivity index (χ3n) is 6.20. The highest BCUT2D eigenvalue weighted by atomic mass is 16.5. The summed E-state index contributed by atoms with van der Waals surface area (Å²) in [6.45, 7) is 2.39. The molecule has 1 saturated carbocycles. The molecule has 2 aliphatic carbocycles.